The number of hydrogen-bond acceptors (Lipinski definition) is 3. The predicted octanol–water partition coefficient (Wildman–Crippen LogP) is 3.39. The van der Waals surface area contributed by atoms with Gasteiger partial charge in [0.15, 0.2) is 5.78 Å². The van der Waals surface area contributed by atoms with Gasteiger partial charge in [0.1, 0.15) is 0 Å². The number of hydrogen-bond donors (Lipinski definition) is 0. The minimum absolute atomic E-state index is 0.0638. The maximum Gasteiger partial charge on any atom is 0.161 e. The zero-order chi connectivity index (χ0) is 14.0. The first-order chi connectivity index (χ1) is 9.04. The molecule has 0 amide bonds. The first kappa shape index (κ1) is 13.6. The summed E-state index contributed by atoms with van der Waals surface area (Å²) >= 11 is 0. The summed E-state index contributed by atoms with van der Waals surface area (Å²) in [7, 11) is 0. The fourth-order valence-electron chi connectivity index (χ4n) is 2.92. The summed E-state index contributed by atoms with van der Waals surface area (Å²) < 4.78 is 0. The standard InChI is InChI=1S/C16H20N2O/c1-11(2)15-5-4-8-18(15)16-9-13(10-17)6-7-14(16)12(3)19/h6-7,9,11,15H,4-5,8H2,1-3H3. The number of carbonyl (C=O) groups is 1. The molecule has 0 N–H and O–H groups in total. The second kappa shape index (κ2) is 5.44. The van der Waals surface area contributed by atoms with Crippen molar-refractivity contribution in [3.8, 4) is 6.07 Å². The van der Waals surface area contributed by atoms with E-state index in [1.165, 1.54) is 0 Å². The van der Waals surface area contributed by atoms with Gasteiger partial charge in [0.2, 0.25) is 0 Å². The Morgan fingerprint density at radius 3 is 2.79 bits per heavy atom. The van der Waals surface area contributed by atoms with E-state index >= 15 is 0 Å². The normalized spacial score (nSPS) is 18.7. The second-order valence-corrected chi connectivity index (χ2v) is 5.55. The molecule has 0 radical (unpaired) electrons. The number of Topliss-reactive ketones (excluding diaryl/α,β-unsaturated/α-hetero) is 1. The number of anilines is 1. The molecule has 3 heteroatoms. The summed E-state index contributed by atoms with van der Waals surface area (Å²) in [6, 6.07) is 7.99. The van der Waals surface area contributed by atoms with E-state index in [0.717, 1.165) is 30.6 Å². The van der Waals surface area contributed by atoms with E-state index in [9.17, 15) is 4.79 Å². The third kappa shape index (κ3) is 2.63. The Balaban J connectivity index is 2.47. The molecule has 1 aliphatic rings. The van der Waals surface area contributed by atoms with Crippen molar-refractivity contribution < 1.29 is 4.79 Å². The molecule has 0 saturated carbocycles. The Morgan fingerprint density at radius 1 is 1.47 bits per heavy atom. The van der Waals surface area contributed by atoms with Crippen molar-refractivity contribution >= 4 is 11.5 Å². The van der Waals surface area contributed by atoms with Crippen LogP contribution in [0.4, 0.5) is 5.69 Å². The fraction of sp³-hybridized carbons (Fsp3) is 0.500. The molecule has 19 heavy (non-hydrogen) atoms. The zero-order valence-corrected chi connectivity index (χ0v) is 11.8. The van der Waals surface area contributed by atoms with Gasteiger partial charge < -0.3 is 4.90 Å². The maximum atomic E-state index is 11.8. The van der Waals surface area contributed by atoms with Crippen molar-refractivity contribution in [2.24, 2.45) is 5.92 Å². The van der Waals surface area contributed by atoms with E-state index in [4.69, 9.17) is 5.26 Å². The highest BCUT2D eigenvalue weighted by molar-refractivity contribution is 6.00. The molecule has 1 unspecified atom stereocenters. The SMILES string of the molecule is CC(=O)c1ccc(C#N)cc1N1CCCC1C(C)C. The van der Waals surface area contributed by atoms with Gasteiger partial charge in [-0.3, -0.25) is 4.79 Å². The largest absolute Gasteiger partial charge is 0.368 e. The van der Waals surface area contributed by atoms with Gasteiger partial charge in [0, 0.05) is 23.8 Å². The van der Waals surface area contributed by atoms with E-state index in [0.29, 0.717) is 17.5 Å². The Morgan fingerprint density at radius 2 is 2.21 bits per heavy atom. The van der Waals surface area contributed by atoms with Crippen LogP contribution in [0.2, 0.25) is 0 Å². The van der Waals surface area contributed by atoms with Crippen molar-refractivity contribution in [3.63, 3.8) is 0 Å². The van der Waals surface area contributed by atoms with Crippen LogP contribution in [0.1, 0.15) is 49.5 Å². The van der Waals surface area contributed by atoms with Crippen LogP contribution in [0, 0.1) is 17.2 Å². The third-order valence-corrected chi connectivity index (χ3v) is 3.88. The van der Waals surface area contributed by atoms with Gasteiger partial charge in [0.05, 0.1) is 11.6 Å². The predicted molar refractivity (Wildman–Crippen MR) is 76.4 cm³/mol. The minimum Gasteiger partial charge on any atom is -0.368 e. The second-order valence-electron chi connectivity index (χ2n) is 5.55. The van der Waals surface area contributed by atoms with Crippen molar-refractivity contribution in [2.75, 3.05) is 11.4 Å². The van der Waals surface area contributed by atoms with Crippen molar-refractivity contribution in [1.29, 1.82) is 5.26 Å². The molecule has 3 nitrogen and oxygen atoms in total. The van der Waals surface area contributed by atoms with Crippen molar-refractivity contribution in [3.05, 3.63) is 29.3 Å². The Bertz CT molecular complexity index is 528. The maximum absolute atomic E-state index is 11.8. The van der Waals surface area contributed by atoms with Gasteiger partial charge in [0.25, 0.3) is 0 Å². The summed E-state index contributed by atoms with van der Waals surface area (Å²) in [4.78, 5) is 14.1. The van der Waals surface area contributed by atoms with Crippen LogP contribution in [-0.4, -0.2) is 18.4 Å². The summed E-state index contributed by atoms with van der Waals surface area (Å²) in [5.41, 5.74) is 2.28. The fourth-order valence-corrected chi connectivity index (χ4v) is 2.92. The number of rotatable bonds is 3. The van der Waals surface area contributed by atoms with E-state index < -0.39 is 0 Å². The van der Waals surface area contributed by atoms with E-state index in [2.05, 4.69) is 24.8 Å². The first-order valence-corrected chi connectivity index (χ1v) is 6.86. The molecular formula is C16H20N2O. The van der Waals surface area contributed by atoms with Gasteiger partial charge >= 0.3 is 0 Å². The third-order valence-electron chi connectivity index (χ3n) is 3.88. The molecule has 0 aliphatic carbocycles. The molecule has 1 aromatic rings. The van der Waals surface area contributed by atoms with Crippen molar-refractivity contribution in [2.45, 2.75) is 39.7 Å². The van der Waals surface area contributed by atoms with Crippen LogP contribution >= 0.6 is 0 Å². The van der Waals surface area contributed by atoms with E-state index in [-0.39, 0.29) is 5.78 Å². The van der Waals surface area contributed by atoms with Crippen LogP contribution in [0.25, 0.3) is 0 Å². The van der Waals surface area contributed by atoms with Gasteiger partial charge in [-0.1, -0.05) is 13.8 Å². The summed E-state index contributed by atoms with van der Waals surface area (Å²) in [6.45, 7) is 6.98. The van der Waals surface area contributed by atoms with Crippen LogP contribution in [-0.2, 0) is 0 Å². The number of carbonyl (C=O) groups excluding carboxylic acids is 1. The lowest BCUT2D eigenvalue weighted by Gasteiger charge is -2.31. The average molecular weight is 256 g/mol. The number of nitrogens with zero attached hydrogens (tertiary/aromatic N) is 2. The highest BCUT2D eigenvalue weighted by Gasteiger charge is 2.29. The van der Waals surface area contributed by atoms with Crippen molar-refractivity contribution in [1.82, 2.24) is 0 Å². The molecule has 0 bridgehead atoms. The molecule has 1 heterocycles. The highest BCUT2D eigenvalue weighted by Crippen LogP contribution is 2.33. The molecule has 1 fully saturated rings. The Hall–Kier alpha value is -1.82. The summed E-state index contributed by atoms with van der Waals surface area (Å²) in [5.74, 6) is 0.613. The molecule has 100 valence electrons. The Labute approximate surface area is 114 Å². The molecule has 0 spiro atoms. The topological polar surface area (TPSA) is 44.1 Å². The molecule has 1 aliphatic heterocycles. The van der Waals surface area contributed by atoms with E-state index in [1.54, 1.807) is 19.1 Å². The molecule has 1 atom stereocenters. The van der Waals surface area contributed by atoms with Gasteiger partial charge in [-0.25, -0.2) is 0 Å². The number of nitriles is 1. The van der Waals surface area contributed by atoms with Gasteiger partial charge in [-0.2, -0.15) is 5.26 Å². The molecule has 0 aromatic heterocycles. The lowest BCUT2D eigenvalue weighted by Crippen LogP contribution is -2.34. The van der Waals surface area contributed by atoms with Crippen LogP contribution in [0.5, 0.6) is 0 Å². The summed E-state index contributed by atoms with van der Waals surface area (Å²) in [5, 5.41) is 9.06. The molecule has 1 saturated heterocycles. The zero-order valence-electron chi connectivity index (χ0n) is 11.8. The quantitative estimate of drug-likeness (QED) is 0.779. The van der Waals surface area contributed by atoms with Crippen LogP contribution < -0.4 is 4.90 Å². The Kier molecular flexibility index (Phi) is 3.90. The van der Waals surface area contributed by atoms with E-state index in [1.807, 2.05) is 6.07 Å². The van der Waals surface area contributed by atoms with Crippen LogP contribution in [0.3, 0.4) is 0 Å². The van der Waals surface area contributed by atoms with Gasteiger partial charge in [-0.05, 0) is 43.9 Å². The minimum atomic E-state index is 0.0638. The lowest BCUT2D eigenvalue weighted by atomic mass is 9.99. The molecular weight excluding hydrogens is 236 g/mol. The smallest absolute Gasteiger partial charge is 0.161 e. The number of benzene rings is 1. The highest BCUT2D eigenvalue weighted by atomic mass is 16.1. The average Bonchev–Trinajstić information content (AvgIpc) is 2.87. The molecule has 2 rings (SSSR count). The first-order valence-electron chi connectivity index (χ1n) is 6.86. The monoisotopic (exact) mass is 256 g/mol. The van der Waals surface area contributed by atoms with Crippen LogP contribution in [0.15, 0.2) is 18.2 Å². The molecule has 1 aromatic carbocycles. The number of ketones is 1. The van der Waals surface area contributed by atoms with Gasteiger partial charge in [-0.15, -0.1) is 0 Å². The summed E-state index contributed by atoms with van der Waals surface area (Å²) in [6.07, 6.45) is 2.31. The lowest BCUT2D eigenvalue weighted by molar-refractivity contribution is 0.101.